The Hall–Kier alpha value is -2.20. The predicted molar refractivity (Wildman–Crippen MR) is 82.6 cm³/mol. The van der Waals surface area contributed by atoms with Gasteiger partial charge in [-0.1, -0.05) is 43.3 Å². The van der Waals surface area contributed by atoms with Gasteiger partial charge in [0.05, 0.1) is 17.8 Å². The van der Waals surface area contributed by atoms with Crippen LogP contribution < -0.4 is 5.32 Å². The molecule has 1 heterocycles. The van der Waals surface area contributed by atoms with E-state index in [0.29, 0.717) is 12.1 Å². The summed E-state index contributed by atoms with van der Waals surface area (Å²) in [5.41, 5.74) is 2.69. The summed E-state index contributed by atoms with van der Waals surface area (Å²) in [5, 5.41) is 9.07. The molecule has 0 amide bonds. The van der Waals surface area contributed by atoms with Crippen molar-refractivity contribution in [2.75, 3.05) is 6.54 Å². The highest BCUT2D eigenvalue weighted by Crippen LogP contribution is 2.20. The van der Waals surface area contributed by atoms with Crippen LogP contribution in [-0.4, -0.2) is 16.3 Å². The number of benzene rings is 2. The lowest BCUT2D eigenvalue weighted by molar-refractivity contribution is 0.585. The van der Waals surface area contributed by atoms with Gasteiger partial charge >= 0.3 is 0 Å². The third-order valence-corrected chi connectivity index (χ3v) is 3.55. The number of fused-ring (bicyclic) bond motifs is 1. The average Bonchev–Trinajstić information content (AvgIpc) is 2.86. The Morgan fingerprint density at radius 1 is 1.10 bits per heavy atom. The lowest BCUT2D eigenvalue weighted by atomic mass is 10.2. The summed E-state index contributed by atoms with van der Waals surface area (Å²) in [6.07, 6.45) is 0. The molecule has 0 atom stereocenters. The smallest absolute Gasteiger partial charge is 0.128 e. The van der Waals surface area contributed by atoms with Crippen molar-refractivity contribution >= 4 is 10.9 Å². The molecule has 0 unspecified atom stereocenters. The van der Waals surface area contributed by atoms with Gasteiger partial charge in [-0.25, -0.2) is 4.39 Å². The maximum absolute atomic E-state index is 13.8. The Bertz CT molecular complexity index is 749. The largest absolute Gasteiger partial charge is 0.311 e. The van der Waals surface area contributed by atoms with Crippen LogP contribution in [-0.2, 0) is 13.1 Å². The number of nitrogens with zero attached hydrogens (tertiary/aromatic N) is 2. The molecule has 0 aliphatic carbocycles. The van der Waals surface area contributed by atoms with Crippen LogP contribution in [0, 0.1) is 5.82 Å². The number of halogens is 1. The van der Waals surface area contributed by atoms with Crippen molar-refractivity contribution < 1.29 is 4.39 Å². The van der Waals surface area contributed by atoms with E-state index in [1.54, 1.807) is 12.1 Å². The summed E-state index contributed by atoms with van der Waals surface area (Å²) in [6, 6.07) is 14.9. The van der Waals surface area contributed by atoms with Crippen LogP contribution in [0.4, 0.5) is 4.39 Å². The van der Waals surface area contributed by atoms with E-state index >= 15 is 0 Å². The Morgan fingerprint density at radius 2 is 1.86 bits per heavy atom. The van der Waals surface area contributed by atoms with Crippen molar-refractivity contribution in [2.24, 2.45) is 0 Å². The third-order valence-electron chi connectivity index (χ3n) is 3.55. The number of aromatic nitrogens is 2. The number of hydrogen-bond acceptors (Lipinski definition) is 2. The Labute approximate surface area is 123 Å². The van der Waals surface area contributed by atoms with Crippen LogP contribution >= 0.6 is 0 Å². The lowest BCUT2D eigenvalue weighted by Gasteiger charge is -2.05. The fraction of sp³-hybridized carbons (Fsp3) is 0.235. The topological polar surface area (TPSA) is 29.9 Å². The molecule has 2 aromatic carbocycles. The molecular formula is C17H18FN3. The molecular weight excluding hydrogens is 265 g/mol. The average molecular weight is 283 g/mol. The Morgan fingerprint density at radius 3 is 2.67 bits per heavy atom. The van der Waals surface area contributed by atoms with E-state index in [1.165, 1.54) is 6.07 Å². The molecule has 3 aromatic rings. The van der Waals surface area contributed by atoms with Crippen LogP contribution in [0.25, 0.3) is 10.9 Å². The zero-order valence-corrected chi connectivity index (χ0v) is 12.0. The first-order chi connectivity index (χ1) is 10.3. The monoisotopic (exact) mass is 283 g/mol. The third kappa shape index (κ3) is 2.81. The van der Waals surface area contributed by atoms with E-state index < -0.39 is 0 Å². The van der Waals surface area contributed by atoms with E-state index in [1.807, 2.05) is 28.9 Å². The Balaban J connectivity index is 2.00. The van der Waals surface area contributed by atoms with E-state index in [4.69, 9.17) is 0 Å². The molecule has 0 fully saturated rings. The first kappa shape index (κ1) is 13.8. The number of nitrogens with one attached hydrogen (secondary N) is 1. The molecule has 21 heavy (non-hydrogen) atoms. The van der Waals surface area contributed by atoms with Crippen LogP contribution in [0.15, 0.2) is 48.5 Å². The SMILES string of the molecule is CCNCc1nn(Cc2ccccc2F)c2ccccc12. The molecule has 3 rings (SSSR count). The van der Waals surface area contributed by atoms with Gasteiger partial charge in [-0.05, 0) is 18.7 Å². The molecule has 1 N–H and O–H groups in total. The van der Waals surface area contributed by atoms with Gasteiger partial charge in [0.25, 0.3) is 0 Å². The van der Waals surface area contributed by atoms with E-state index in [0.717, 1.165) is 29.7 Å². The second kappa shape index (κ2) is 6.06. The molecule has 108 valence electrons. The van der Waals surface area contributed by atoms with E-state index in [9.17, 15) is 4.39 Å². The minimum atomic E-state index is -0.190. The van der Waals surface area contributed by atoms with Gasteiger partial charge in [0, 0.05) is 17.5 Å². The molecule has 0 saturated heterocycles. The number of hydrogen-bond donors (Lipinski definition) is 1. The second-order valence-corrected chi connectivity index (χ2v) is 4.99. The highest BCUT2D eigenvalue weighted by Gasteiger charge is 2.11. The minimum Gasteiger partial charge on any atom is -0.311 e. The molecule has 4 heteroatoms. The normalized spacial score (nSPS) is 11.1. The maximum Gasteiger partial charge on any atom is 0.128 e. The second-order valence-electron chi connectivity index (χ2n) is 4.99. The van der Waals surface area contributed by atoms with Crippen molar-refractivity contribution in [3.05, 3.63) is 65.6 Å². The van der Waals surface area contributed by atoms with E-state index in [2.05, 4.69) is 23.4 Å². The summed E-state index contributed by atoms with van der Waals surface area (Å²) < 4.78 is 15.7. The van der Waals surface area contributed by atoms with Crippen LogP contribution in [0.5, 0.6) is 0 Å². The predicted octanol–water partition coefficient (Wildman–Crippen LogP) is 3.33. The fourth-order valence-corrected chi connectivity index (χ4v) is 2.48. The van der Waals surface area contributed by atoms with Gasteiger partial charge in [0.1, 0.15) is 5.82 Å². The summed E-state index contributed by atoms with van der Waals surface area (Å²) >= 11 is 0. The zero-order chi connectivity index (χ0) is 14.7. The van der Waals surface area contributed by atoms with Crippen molar-refractivity contribution in [2.45, 2.75) is 20.0 Å². The van der Waals surface area contributed by atoms with Crippen molar-refractivity contribution in [3.8, 4) is 0 Å². The quantitative estimate of drug-likeness (QED) is 0.778. The molecule has 3 nitrogen and oxygen atoms in total. The van der Waals surface area contributed by atoms with Gasteiger partial charge in [-0.15, -0.1) is 0 Å². The summed E-state index contributed by atoms with van der Waals surface area (Å²) in [4.78, 5) is 0. The van der Waals surface area contributed by atoms with E-state index in [-0.39, 0.29) is 5.82 Å². The standard InChI is InChI=1S/C17H18FN3/c1-2-19-11-16-14-8-4-6-10-17(14)21(20-16)12-13-7-3-5-9-15(13)18/h3-10,19H,2,11-12H2,1H3. The lowest BCUT2D eigenvalue weighted by Crippen LogP contribution is -2.13. The fourth-order valence-electron chi connectivity index (χ4n) is 2.48. The first-order valence-electron chi connectivity index (χ1n) is 7.18. The summed E-state index contributed by atoms with van der Waals surface area (Å²) in [6.45, 7) is 4.13. The maximum atomic E-state index is 13.8. The molecule has 0 spiro atoms. The van der Waals surface area contributed by atoms with Crippen LogP contribution in [0.1, 0.15) is 18.2 Å². The molecule has 0 aliphatic heterocycles. The van der Waals surface area contributed by atoms with Crippen LogP contribution in [0.3, 0.4) is 0 Å². The summed E-state index contributed by atoms with van der Waals surface area (Å²) in [5.74, 6) is -0.190. The minimum absolute atomic E-state index is 0.190. The van der Waals surface area contributed by atoms with Crippen molar-refractivity contribution in [1.29, 1.82) is 0 Å². The van der Waals surface area contributed by atoms with Gasteiger partial charge in [-0.2, -0.15) is 5.10 Å². The Kier molecular flexibility index (Phi) is 3.97. The van der Waals surface area contributed by atoms with Crippen molar-refractivity contribution in [1.82, 2.24) is 15.1 Å². The van der Waals surface area contributed by atoms with Crippen molar-refractivity contribution in [3.63, 3.8) is 0 Å². The molecule has 0 radical (unpaired) electrons. The zero-order valence-electron chi connectivity index (χ0n) is 12.0. The van der Waals surface area contributed by atoms with Gasteiger partial charge in [0.2, 0.25) is 0 Å². The van der Waals surface area contributed by atoms with Crippen LogP contribution in [0.2, 0.25) is 0 Å². The molecule has 0 saturated carbocycles. The molecule has 1 aromatic heterocycles. The molecule has 0 aliphatic rings. The molecule has 0 bridgehead atoms. The number of para-hydroxylation sites is 1. The number of rotatable bonds is 5. The van der Waals surface area contributed by atoms with Gasteiger partial charge < -0.3 is 5.32 Å². The highest BCUT2D eigenvalue weighted by atomic mass is 19.1. The van der Waals surface area contributed by atoms with Gasteiger partial charge in [0.15, 0.2) is 0 Å². The first-order valence-corrected chi connectivity index (χ1v) is 7.18. The van der Waals surface area contributed by atoms with Gasteiger partial charge in [-0.3, -0.25) is 4.68 Å². The highest BCUT2D eigenvalue weighted by molar-refractivity contribution is 5.82. The summed E-state index contributed by atoms with van der Waals surface area (Å²) in [7, 11) is 0.